The number of hydrogen-bond acceptors (Lipinski definition) is 2. The summed E-state index contributed by atoms with van der Waals surface area (Å²) in [5.74, 6) is 1.09. The van der Waals surface area contributed by atoms with Gasteiger partial charge in [-0.05, 0) is 71.5 Å². The van der Waals surface area contributed by atoms with Crippen molar-refractivity contribution in [3.8, 4) is 5.75 Å². The number of para-hydroxylation sites is 2. The van der Waals surface area contributed by atoms with Gasteiger partial charge in [-0.25, -0.2) is 0 Å². The second kappa shape index (κ2) is 25.3. The Labute approximate surface area is 327 Å². The molecule has 5 heteroatoms. The van der Waals surface area contributed by atoms with E-state index in [1.807, 2.05) is 48.5 Å². The fourth-order valence-electron chi connectivity index (χ4n) is 5.05. The molecule has 2 nitrogen and oxygen atoms in total. The van der Waals surface area contributed by atoms with E-state index in [2.05, 4.69) is 143 Å². The molecule has 6 aromatic rings. The van der Waals surface area contributed by atoms with Crippen molar-refractivity contribution in [1.82, 2.24) is 0 Å². The molecule has 0 atom stereocenters. The molecular formula is C45H50NNiOPPd. The molecule has 6 aromatic carbocycles. The molecule has 266 valence electrons. The second-order valence-corrected chi connectivity index (χ2v) is 13.9. The Balaban J connectivity index is 0.000000770. The van der Waals surface area contributed by atoms with E-state index in [9.17, 15) is 5.11 Å². The van der Waals surface area contributed by atoms with Crippen LogP contribution in [0.15, 0.2) is 169 Å². The minimum absolute atomic E-state index is 0. The quantitative estimate of drug-likeness (QED) is 0.0740. The molecule has 0 saturated carbocycles. The van der Waals surface area contributed by atoms with Gasteiger partial charge < -0.3 is 20.0 Å². The monoisotopic (exact) mass is 815 g/mol. The Hall–Kier alpha value is -3.62. The first-order valence-corrected chi connectivity index (χ1v) is 17.3. The van der Waals surface area contributed by atoms with Gasteiger partial charge >= 0.3 is 16.5 Å². The zero-order valence-corrected chi connectivity index (χ0v) is 33.4. The van der Waals surface area contributed by atoms with Crippen LogP contribution in [0.3, 0.4) is 0 Å². The van der Waals surface area contributed by atoms with Crippen molar-refractivity contribution in [2.45, 2.75) is 39.5 Å². The van der Waals surface area contributed by atoms with Crippen molar-refractivity contribution >= 4 is 35.7 Å². The maximum Gasteiger partial charge on any atom is 2.00 e. The van der Waals surface area contributed by atoms with Crippen LogP contribution < -0.4 is 15.9 Å². The smallest absolute Gasteiger partial charge is 0.507 e. The molecule has 0 bridgehead atoms. The number of aromatic hydroxyl groups is 1. The van der Waals surface area contributed by atoms with E-state index >= 15 is 0 Å². The summed E-state index contributed by atoms with van der Waals surface area (Å²) in [7, 11) is -0.877. The number of hydrogen-bond donors (Lipinski definition) is 1. The van der Waals surface area contributed by atoms with E-state index in [-0.39, 0.29) is 57.5 Å². The topological polar surface area (TPSA) is 32.6 Å². The third-order valence-corrected chi connectivity index (χ3v) is 10.1. The van der Waals surface area contributed by atoms with Crippen molar-refractivity contribution in [3.63, 3.8) is 0 Å². The molecule has 0 fully saturated rings. The number of phenolic OH excluding ortho intramolecular Hbond substituents is 1. The first kappa shape index (κ1) is 46.4. The summed E-state index contributed by atoms with van der Waals surface area (Å²) in [5, 5.41) is 14.2. The molecule has 0 aliphatic carbocycles. The molecule has 50 heavy (non-hydrogen) atoms. The van der Waals surface area contributed by atoms with E-state index in [0.29, 0.717) is 11.8 Å². The van der Waals surface area contributed by atoms with Gasteiger partial charge in [0.25, 0.3) is 0 Å². The van der Waals surface area contributed by atoms with Gasteiger partial charge in [0.05, 0.1) is 13.6 Å². The molecule has 0 heterocycles. The van der Waals surface area contributed by atoms with Crippen LogP contribution in [0.4, 0.5) is 5.69 Å². The minimum Gasteiger partial charge on any atom is -0.507 e. The van der Waals surface area contributed by atoms with Gasteiger partial charge in [0.1, 0.15) is 21.7 Å². The molecular weight excluding hydrogens is 767 g/mol. The molecule has 0 aromatic heterocycles. The number of phenols is 1. The largest absolute Gasteiger partial charge is 2.00 e. The van der Waals surface area contributed by atoms with Crippen LogP contribution in [-0.2, 0) is 36.9 Å². The van der Waals surface area contributed by atoms with Crippen LogP contribution in [0.2, 0.25) is 0 Å². The van der Waals surface area contributed by atoms with Gasteiger partial charge in [0.2, 0.25) is 0 Å². The maximum absolute atomic E-state index is 9.85. The van der Waals surface area contributed by atoms with Gasteiger partial charge in [-0.1, -0.05) is 113 Å². The molecule has 0 unspecified atom stereocenters. The summed E-state index contributed by atoms with van der Waals surface area (Å²) >= 11 is 0. The predicted molar refractivity (Wildman–Crippen MR) is 215 cm³/mol. The molecule has 0 amide bonds. The number of rotatable bonds is 7. The van der Waals surface area contributed by atoms with E-state index in [4.69, 9.17) is 4.99 Å². The fourth-order valence-corrected chi connectivity index (χ4v) is 7.63. The fraction of sp³-hybridized carbons (Fsp3) is 0.133. The molecule has 6 rings (SSSR count). The Bertz CT molecular complexity index is 1600. The van der Waals surface area contributed by atoms with Gasteiger partial charge in [-0.2, -0.15) is 36.4 Å². The van der Waals surface area contributed by atoms with Crippen LogP contribution in [0.1, 0.15) is 56.2 Å². The van der Waals surface area contributed by atoms with Crippen LogP contribution in [0.5, 0.6) is 5.75 Å². The van der Waals surface area contributed by atoms with Crippen LogP contribution in [0, 0.1) is 20.9 Å². The number of aliphatic imine (C=N–C) groups is 1. The van der Waals surface area contributed by atoms with Crippen molar-refractivity contribution in [3.05, 3.63) is 201 Å². The summed E-state index contributed by atoms with van der Waals surface area (Å²) in [5.41, 5.74) is 4.26. The Morgan fingerprint density at radius 3 is 1.26 bits per heavy atom. The summed E-state index contributed by atoms with van der Waals surface area (Å²) in [6.07, 6.45) is 1.75. The molecule has 1 N–H and O–H groups in total. The minimum atomic E-state index is -0.877. The van der Waals surface area contributed by atoms with Crippen LogP contribution in [-0.4, -0.2) is 11.3 Å². The maximum atomic E-state index is 9.85. The molecule has 0 saturated heterocycles. The summed E-state index contributed by atoms with van der Waals surface area (Å²) in [4.78, 5) is 4.69. The summed E-state index contributed by atoms with van der Waals surface area (Å²) in [6, 6.07) is 58.6. The zero-order chi connectivity index (χ0) is 32.6. The SMILES string of the molecule is CC(C)c1cccc(C(C)C)c1N=Cc1ccccc1O.[CH3-].[CH3-].[Ni+2].[Pd].[c-]1ccccc1.c1ccc([PH+](c2ccccc2)c2ccccc2)cc1. The average Bonchev–Trinajstić information content (AvgIpc) is 3.10. The van der Waals surface area contributed by atoms with Crippen molar-refractivity contribution in [1.29, 1.82) is 0 Å². The summed E-state index contributed by atoms with van der Waals surface area (Å²) < 4.78 is 0. The van der Waals surface area contributed by atoms with Gasteiger partial charge in [-0.15, -0.1) is 0 Å². The van der Waals surface area contributed by atoms with E-state index in [0.717, 1.165) is 11.3 Å². The second-order valence-electron chi connectivity index (χ2n) is 11.5. The van der Waals surface area contributed by atoms with Gasteiger partial charge in [0, 0.05) is 32.2 Å². The first-order chi connectivity index (χ1) is 22.5. The van der Waals surface area contributed by atoms with Crippen molar-refractivity contribution in [2.24, 2.45) is 4.99 Å². The Kier molecular flexibility index (Phi) is 23.5. The standard InChI is InChI=1S/C19H23NO.C18H15P.C6H5.2CH3.Ni.Pd/c1-13(2)16-9-7-10-17(14(3)4)19(16)20-12-15-8-5-6-11-18(15)21;1-4-10-16(11-5-1)19(17-12-6-2-7-13-17)18-14-8-3-9-15-18;1-2-4-6-5-3-1;;;;/h5-14,21H,1-4H3;1-15H;1-5H;2*1H3;;/q;;3*-1;+2;/p+1. The van der Waals surface area contributed by atoms with Gasteiger partial charge in [0.15, 0.2) is 0 Å². The predicted octanol–water partition coefficient (Wildman–Crippen LogP) is 10.9. The van der Waals surface area contributed by atoms with Crippen LogP contribution in [0.25, 0.3) is 0 Å². The zero-order valence-electron chi connectivity index (χ0n) is 29.8. The molecule has 0 radical (unpaired) electrons. The third kappa shape index (κ3) is 14.3. The van der Waals surface area contributed by atoms with E-state index in [1.54, 1.807) is 12.3 Å². The van der Waals surface area contributed by atoms with E-state index in [1.165, 1.54) is 27.0 Å². The van der Waals surface area contributed by atoms with E-state index < -0.39 is 7.92 Å². The Morgan fingerprint density at radius 1 is 0.540 bits per heavy atom. The van der Waals surface area contributed by atoms with Gasteiger partial charge in [-0.3, -0.25) is 4.99 Å². The first-order valence-electron chi connectivity index (χ1n) is 15.8. The third-order valence-electron chi connectivity index (χ3n) is 7.41. The number of benzene rings is 6. The molecule has 0 aliphatic rings. The average molecular weight is 817 g/mol. The van der Waals surface area contributed by atoms with Crippen molar-refractivity contribution in [2.75, 3.05) is 0 Å². The van der Waals surface area contributed by atoms with Crippen molar-refractivity contribution < 1.29 is 42.0 Å². The molecule has 0 spiro atoms. The molecule has 0 aliphatic heterocycles. The number of nitrogens with zero attached hydrogens (tertiary/aromatic N) is 1. The van der Waals surface area contributed by atoms with Crippen LogP contribution >= 0.6 is 7.92 Å². The summed E-state index contributed by atoms with van der Waals surface area (Å²) in [6.45, 7) is 8.72. The normalized spacial score (nSPS) is 9.90. The Morgan fingerprint density at radius 2 is 0.920 bits per heavy atom.